The van der Waals surface area contributed by atoms with Crippen molar-refractivity contribution in [3.63, 3.8) is 0 Å². The quantitative estimate of drug-likeness (QED) is 0.659. The lowest BCUT2D eigenvalue weighted by molar-refractivity contribution is -0.114. The van der Waals surface area contributed by atoms with Crippen molar-refractivity contribution in [2.24, 2.45) is 0 Å². The van der Waals surface area contributed by atoms with Crippen LogP contribution in [0.15, 0.2) is 54.6 Å². The third-order valence-electron chi connectivity index (χ3n) is 2.61. The Hall–Kier alpha value is -2.42. The molecule has 0 aliphatic heterocycles. The number of phenolic OH excluding ortho intramolecular Hbond substituents is 1. The summed E-state index contributed by atoms with van der Waals surface area (Å²) in [5, 5.41) is 9.52. The molecule has 0 spiro atoms. The van der Waals surface area contributed by atoms with Gasteiger partial charge in [-0.25, -0.2) is 0 Å². The van der Waals surface area contributed by atoms with Gasteiger partial charge in [0.2, 0.25) is 11.6 Å². The van der Waals surface area contributed by atoms with Gasteiger partial charge in [-0.2, -0.15) is 0 Å². The highest BCUT2D eigenvalue weighted by Gasteiger charge is 2.19. The molecular formula is C15H12O3. The summed E-state index contributed by atoms with van der Waals surface area (Å²) in [5.74, 6) is -1.34. The molecule has 0 saturated carbocycles. The minimum absolute atomic E-state index is 0.0496. The van der Waals surface area contributed by atoms with Gasteiger partial charge < -0.3 is 5.11 Å². The van der Waals surface area contributed by atoms with Gasteiger partial charge in [-0.05, 0) is 17.7 Å². The Morgan fingerprint density at radius 1 is 0.889 bits per heavy atom. The van der Waals surface area contributed by atoms with Crippen molar-refractivity contribution in [3.05, 3.63) is 65.7 Å². The van der Waals surface area contributed by atoms with Crippen LogP contribution in [0.4, 0.5) is 0 Å². The van der Waals surface area contributed by atoms with Gasteiger partial charge in [0.25, 0.3) is 0 Å². The van der Waals surface area contributed by atoms with Gasteiger partial charge in [0.05, 0.1) is 5.56 Å². The number of aromatic hydroxyl groups is 1. The first-order valence-electron chi connectivity index (χ1n) is 5.58. The second-order valence-electron chi connectivity index (χ2n) is 3.93. The second-order valence-corrected chi connectivity index (χ2v) is 3.93. The molecule has 0 atom stereocenters. The molecule has 0 aliphatic carbocycles. The number of Topliss-reactive ketones (excluding diaryl/α,β-unsaturated/α-hetero) is 2. The molecule has 3 nitrogen and oxygen atoms in total. The number of phenols is 1. The van der Waals surface area contributed by atoms with Crippen LogP contribution in [0.1, 0.15) is 15.9 Å². The Labute approximate surface area is 105 Å². The lowest BCUT2D eigenvalue weighted by atomic mass is 10.0. The van der Waals surface area contributed by atoms with E-state index in [0.717, 1.165) is 5.56 Å². The van der Waals surface area contributed by atoms with Crippen molar-refractivity contribution in [3.8, 4) is 5.75 Å². The summed E-state index contributed by atoms with van der Waals surface area (Å²) in [6.07, 6.45) is 0.0496. The lowest BCUT2D eigenvalue weighted by Gasteiger charge is -2.03. The SMILES string of the molecule is O=C(Cc1ccccc1)C(=O)c1ccccc1O. The van der Waals surface area contributed by atoms with E-state index < -0.39 is 11.6 Å². The monoisotopic (exact) mass is 240 g/mol. The van der Waals surface area contributed by atoms with E-state index in [0.29, 0.717) is 0 Å². The van der Waals surface area contributed by atoms with Crippen molar-refractivity contribution in [2.75, 3.05) is 0 Å². The zero-order valence-electron chi connectivity index (χ0n) is 9.67. The van der Waals surface area contributed by atoms with Crippen LogP contribution < -0.4 is 0 Å². The number of hydrogen-bond acceptors (Lipinski definition) is 3. The van der Waals surface area contributed by atoms with Gasteiger partial charge in [0.15, 0.2) is 0 Å². The molecule has 0 bridgehead atoms. The lowest BCUT2D eigenvalue weighted by Crippen LogP contribution is -2.16. The van der Waals surface area contributed by atoms with Gasteiger partial charge in [-0.15, -0.1) is 0 Å². The van der Waals surface area contributed by atoms with E-state index in [1.165, 1.54) is 12.1 Å². The van der Waals surface area contributed by atoms with E-state index in [9.17, 15) is 14.7 Å². The maximum atomic E-state index is 11.9. The third kappa shape index (κ3) is 2.63. The van der Waals surface area contributed by atoms with E-state index in [4.69, 9.17) is 0 Å². The largest absolute Gasteiger partial charge is 0.507 e. The van der Waals surface area contributed by atoms with Gasteiger partial charge in [-0.3, -0.25) is 9.59 Å². The van der Waals surface area contributed by atoms with Gasteiger partial charge >= 0.3 is 0 Å². The van der Waals surface area contributed by atoms with Crippen LogP contribution in [0.2, 0.25) is 0 Å². The number of para-hydroxylation sites is 1. The van der Waals surface area contributed by atoms with Crippen molar-refractivity contribution in [1.29, 1.82) is 0 Å². The minimum atomic E-state index is -0.656. The minimum Gasteiger partial charge on any atom is -0.507 e. The maximum absolute atomic E-state index is 11.9. The zero-order valence-corrected chi connectivity index (χ0v) is 9.67. The zero-order chi connectivity index (χ0) is 13.0. The highest BCUT2D eigenvalue weighted by atomic mass is 16.3. The Kier molecular flexibility index (Phi) is 3.53. The number of carbonyl (C=O) groups excluding carboxylic acids is 2. The molecule has 90 valence electrons. The molecule has 0 radical (unpaired) electrons. The highest BCUT2D eigenvalue weighted by Crippen LogP contribution is 2.17. The molecule has 1 N–H and O–H groups in total. The van der Waals surface area contributed by atoms with E-state index >= 15 is 0 Å². The summed E-state index contributed by atoms with van der Waals surface area (Å²) in [5.41, 5.74) is 0.838. The predicted molar refractivity (Wildman–Crippen MR) is 67.6 cm³/mol. The topological polar surface area (TPSA) is 54.4 Å². The van der Waals surface area contributed by atoms with E-state index in [-0.39, 0.29) is 17.7 Å². The third-order valence-corrected chi connectivity index (χ3v) is 2.61. The second kappa shape index (κ2) is 5.27. The van der Waals surface area contributed by atoms with E-state index in [2.05, 4.69) is 0 Å². The summed E-state index contributed by atoms with van der Waals surface area (Å²) in [4.78, 5) is 23.7. The summed E-state index contributed by atoms with van der Waals surface area (Å²) < 4.78 is 0. The number of hydrogen-bond donors (Lipinski definition) is 1. The first-order chi connectivity index (χ1) is 8.68. The maximum Gasteiger partial charge on any atom is 0.232 e. The first kappa shape index (κ1) is 12.0. The van der Waals surface area contributed by atoms with Crippen LogP contribution in [0.25, 0.3) is 0 Å². The van der Waals surface area contributed by atoms with Crippen LogP contribution in [0.3, 0.4) is 0 Å². The summed E-state index contributed by atoms with van der Waals surface area (Å²) in [7, 11) is 0. The average Bonchev–Trinajstić information content (AvgIpc) is 2.39. The van der Waals surface area contributed by atoms with Gasteiger partial charge in [0, 0.05) is 6.42 Å². The Morgan fingerprint density at radius 2 is 1.50 bits per heavy atom. The number of rotatable bonds is 4. The molecule has 0 amide bonds. The normalized spacial score (nSPS) is 10.0. The molecule has 0 aliphatic rings. The van der Waals surface area contributed by atoms with Crippen LogP contribution in [0.5, 0.6) is 5.75 Å². The molecule has 2 rings (SSSR count). The molecule has 2 aromatic rings. The molecular weight excluding hydrogens is 228 g/mol. The standard InChI is InChI=1S/C15H12O3/c16-13-9-5-4-8-12(13)15(18)14(17)10-11-6-2-1-3-7-11/h1-9,16H,10H2. The molecule has 0 heterocycles. The predicted octanol–water partition coefficient (Wildman–Crippen LogP) is 2.39. The Balaban J connectivity index is 2.16. The molecule has 0 unspecified atom stereocenters. The van der Waals surface area contributed by atoms with Crippen LogP contribution >= 0.6 is 0 Å². The fraction of sp³-hybridized carbons (Fsp3) is 0.0667. The Bertz CT molecular complexity index is 573. The van der Waals surface area contributed by atoms with Crippen LogP contribution in [0, 0.1) is 0 Å². The molecule has 0 saturated heterocycles. The fourth-order valence-electron chi connectivity index (χ4n) is 1.68. The van der Waals surface area contributed by atoms with E-state index in [1.807, 2.05) is 18.2 Å². The van der Waals surface area contributed by atoms with Gasteiger partial charge in [0.1, 0.15) is 5.75 Å². The van der Waals surface area contributed by atoms with E-state index in [1.54, 1.807) is 24.3 Å². The van der Waals surface area contributed by atoms with Crippen molar-refractivity contribution in [1.82, 2.24) is 0 Å². The summed E-state index contributed by atoms with van der Waals surface area (Å²) >= 11 is 0. The van der Waals surface area contributed by atoms with Crippen molar-refractivity contribution in [2.45, 2.75) is 6.42 Å². The number of ketones is 2. The summed E-state index contributed by atoms with van der Waals surface area (Å²) in [6, 6.07) is 15.1. The molecule has 2 aromatic carbocycles. The molecule has 0 aromatic heterocycles. The van der Waals surface area contributed by atoms with Crippen molar-refractivity contribution < 1.29 is 14.7 Å². The van der Waals surface area contributed by atoms with Crippen LogP contribution in [-0.2, 0) is 11.2 Å². The molecule has 0 fully saturated rings. The number of benzene rings is 2. The Morgan fingerprint density at radius 3 is 2.17 bits per heavy atom. The van der Waals surface area contributed by atoms with Crippen molar-refractivity contribution >= 4 is 11.6 Å². The van der Waals surface area contributed by atoms with Gasteiger partial charge in [-0.1, -0.05) is 42.5 Å². The molecule has 3 heteroatoms. The molecule has 18 heavy (non-hydrogen) atoms. The van der Waals surface area contributed by atoms with Crippen LogP contribution in [-0.4, -0.2) is 16.7 Å². The highest BCUT2D eigenvalue weighted by molar-refractivity contribution is 6.44. The smallest absolute Gasteiger partial charge is 0.232 e. The fourth-order valence-corrected chi connectivity index (χ4v) is 1.68. The summed E-state index contributed by atoms with van der Waals surface area (Å²) in [6.45, 7) is 0. The average molecular weight is 240 g/mol. The number of carbonyl (C=O) groups is 2. The first-order valence-corrected chi connectivity index (χ1v) is 5.58.